The third-order valence-electron chi connectivity index (χ3n) is 4.79. The van der Waals surface area contributed by atoms with Crippen molar-refractivity contribution in [2.45, 2.75) is 13.3 Å². The molecule has 0 unspecified atom stereocenters. The molecule has 164 valence electrons. The van der Waals surface area contributed by atoms with Crippen molar-refractivity contribution in [2.24, 2.45) is 0 Å². The maximum Gasteiger partial charge on any atom is 0.340 e. The zero-order valence-electron chi connectivity index (χ0n) is 17.1. The van der Waals surface area contributed by atoms with E-state index in [2.05, 4.69) is 19.4 Å². The number of rotatable bonds is 7. The summed E-state index contributed by atoms with van der Waals surface area (Å²) in [6, 6.07) is 8.91. The van der Waals surface area contributed by atoms with E-state index in [0.717, 1.165) is 12.1 Å². The molecule has 2 aromatic heterocycles. The van der Waals surface area contributed by atoms with Crippen molar-refractivity contribution in [1.82, 2.24) is 14.7 Å². The van der Waals surface area contributed by atoms with Crippen molar-refractivity contribution in [3.8, 4) is 11.8 Å². The molecule has 0 bridgehead atoms. The van der Waals surface area contributed by atoms with Crippen molar-refractivity contribution >= 4 is 28.8 Å². The van der Waals surface area contributed by atoms with E-state index in [0.29, 0.717) is 16.5 Å². The molecule has 0 aliphatic heterocycles. The lowest BCUT2D eigenvalue weighted by Crippen LogP contribution is -2.12. The molecule has 4 aromatic rings. The fourth-order valence-electron chi connectivity index (χ4n) is 3.20. The topological polar surface area (TPSA) is 89.3 Å². The van der Waals surface area contributed by atoms with Gasteiger partial charge in [-0.1, -0.05) is 12.1 Å². The fourth-order valence-corrected chi connectivity index (χ4v) is 3.57. The van der Waals surface area contributed by atoms with Gasteiger partial charge in [-0.25, -0.2) is 28.3 Å². The fraction of sp³-hybridized carbons (Fsp3) is 0.136. The second-order valence-corrected chi connectivity index (χ2v) is 7.59. The lowest BCUT2D eigenvalue weighted by molar-refractivity contribution is 0.410. The van der Waals surface area contributed by atoms with E-state index in [4.69, 9.17) is 9.15 Å². The first-order chi connectivity index (χ1) is 15.5. The second-order valence-electron chi connectivity index (χ2n) is 6.77. The highest BCUT2D eigenvalue weighted by atomic mass is 32.2. The Morgan fingerprint density at radius 1 is 1.16 bits per heavy atom. The molecular weight excluding hydrogens is 438 g/mol. The highest BCUT2D eigenvalue weighted by molar-refractivity contribution is 7.98. The Hall–Kier alpha value is -3.50. The summed E-state index contributed by atoms with van der Waals surface area (Å²) in [7, 11) is 1.70. The summed E-state index contributed by atoms with van der Waals surface area (Å²) in [6.07, 6.45) is 2.91. The Bertz CT molecular complexity index is 1330. The molecule has 7 nitrogen and oxygen atoms in total. The van der Waals surface area contributed by atoms with Crippen LogP contribution in [0.25, 0.3) is 11.0 Å². The van der Waals surface area contributed by atoms with Crippen molar-refractivity contribution in [3.05, 3.63) is 87.5 Å². The summed E-state index contributed by atoms with van der Waals surface area (Å²) < 4.78 is 46.0. The number of nitrogens with zero attached hydrogens (tertiary/aromatic N) is 2. The summed E-state index contributed by atoms with van der Waals surface area (Å²) in [6.45, 7) is 1.67. The average molecular weight is 456 g/mol. The Labute approximate surface area is 186 Å². The number of benzene rings is 2. The van der Waals surface area contributed by atoms with Gasteiger partial charge >= 0.3 is 11.6 Å². The molecule has 2 N–H and O–H groups in total. The first-order valence-electron chi connectivity index (χ1n) is 9.54. The van der Waals surface area contributed by atoms with Crippen LogP contribution >= 0.6 is 12.1 Å². The SMILES string of the molecule is CNSNc1cccc(Cc2c(C)c3cc(F)c(Oc4ncccn4)cc3oc2=O)c1F. The zero-order valence-corrected chi connectivity index (χ0v) is 17.9. The maximum absolute atomic E-state index is 14.9. The van der Waals surface area contributed by atoms with Crippen LogP contribution in [-0.2, 0) is 6.42 Å². The van der Waals surface area contributed by atoms with E-state index in [1.165, 1.54) is 24.5 Å². The van der Waals surface area contributed by atoms with Crippen LogP contribution in [0.5, 0.6) is 11.8 Å². The highest BCUT2D eigenvalue weighted by Gasteiger charge is 2.18. The van der Waals surface area contributed by atoms with Crippen LogP contribution in [0, 0.1) is 18.6 Å². The molecule has 2 aromatic carbocycles. The Morgan fingerprint density at radius 3 is 2.69 bits per heavy atom. The second kappa shape index (κ2) is 9.33. The summed E-state index contributed by atoms with van der Waals surface area (Å²) in [5.41, 5.74) is 0.842. The summed E-state index contributed by atoms with van der Waals surface area (Å²) in [4.78, 5) is 20.5. The molecule has 2 heterocycles. The molecule has 0 spiro atoms. The highest BCUT2D eigenvalue weighted by Crippen LogP contribution is 2.30. The van der Waals surface area contributed by atoms with Gasteiger partial charge in [0, 0.05) is 48.0 Å². The molecular formula is C22H18F2N4O3S. The van der Waals surface area contributed by atoms with Crippen LogP contribution in [0.1, 0.15) is 16.7 Å². The van der Waals surface area contributed by atoms with Gasteiger partial charge in [0.1, 0.15) is 5.58 Å². The van der Waals surface area contributed by atoms with Crippen LogP contribution in [0.2, 0.25) is 0 Å². The number of aromatic nitrogens is 2. The minimum absolute atomic E-state index is 0.00654. The molecule has 0 fully saturated rings. The van der Waals surface area contributed by atoms with Gasteiger partial charge in [-0.3, -0.25) is 0 Å². The van der Waals surface area contributed by atoms with Crippen LogP contribution in [0.3, 0.4) is 0 Å². The minimum Gasteiger partial charge on any atom is -0.422 e. The third kappa shape index (κ3) is 4.41. The van der Waals surface area contributed by atoms with Crippen LogP contribution < -0.4 is 19.8 Å². The Kier molecular flexibility index (Phi) is 6.33. The number of hydrogen-bond acceptors (Lipinski definition) is 8. The molecule has 0 radical (unpaired) electrons. The van der Waals surface area contributed by atoms with Crippen molar-refractivity contribution in [2.75, 3.05) is 11.8 Å². The molecule has 10 heteroatoms. The predicted molar refractivity (Wildman–Crippen MR) is 119 cm³/mol. The smallest absolute Gasteiger partial charge is 0.340 e. The van der Waals surface area contributed by atoms with Crippen LogP contribution in [-0.4, -0.2) is 17.0 Å². The molecule has 0 aliphatic rings. The monoisotopic (exact) mass is 456 g/mol. The van der Waals surface area contributed by atoms with Gasteiger partial charge < -0.3 is 13.9 Å². The maximum atomic E-state index is 14.9. The summed E-state index contributed by atoms with van der Waals surface area (Å²) >= 11 is 1.12. The van der Waals surface area contributed by atoms with Gasteiger partial charge in [-0.2, -0.15) is 0 Å². The van der Waals surface area contributed by atoms with Crippen molar-refractivity contribution in [1.29, 1.82) is 0 Å². The Balaban J connectivity index is 1.71. The van der Waals surface area contributed by atoms with E-state index >= 15 is 0 Å². The first kappa shape index (κ1) is 21.7. The van der Waals surface area contributed by atoms with E-state index in [1.807, 2.05) is 0 Å². The average Bonchev–Trinajstić information content (AvgIpc) is 2.79. The standard InChI is InChI=1S/C22H18F2N4O3S/c1-12-14-10-16(23)19(31-22-26-7-4-8-27-22)11-18(14)30-21(29)15(12)9-13-5-3-6-17(20(13)24)28-32-25-2/h3-8,10-11,25,28H,9H2,1-2H3. The number of hydrogen-bond donors (Lipinski definition) is 2. The van der Waals surface area contributed by atoms with Crippen LogP contribution in [0.4, 0.5) is 14.5 Å². The summed E-state index contributed by atoms with van der Waals surface area (Å²) in [5.74, 6) is -1.33. The van der Waals surface area contributed by atoms with Crippen LogP contribution in [0.15, 0.2) is 58.0 Å². The number of nitrogens with one attached hydrogen (secondary N) is 2. The molecule has 0 amide bonds. The van der Waals surface area contributed by atoms with Gasteiger partial charge in [0.25, 0.3) is 0 Å². The van der Waals surface area contributed by atoms with Gasteiger partial charge in [-0.05, 0) is 43.3 Å². The quantitative estimate of drug-likeness (QED) is 0.304. The van der Waals surface area contributed by atoms with Crippen molar-refractivity contribution in [3.63, 3.8) is 0 Å². The zero-order chi connectivity index (χ0) is 22.7. The molecule has 32 heavy (non-hydrogen) atoms. The number of halogens is 2. The van der Waals surface area contributed by atoms with Gasteiger partial charge in [-0.15, -0.1) is 0 Å². The number of aryl methyl sites for hydroxylation is 1. The number of anilines is 1. The van der Waals surface area contributed by atoms with E-state index in [9.17, 15) is 13.6 Å². The molecule has 0 aliphatic carbocycles. The third-order valence-corrected chi connectivity index (χ3v) is 5.32. The summed E-state index contributed by atoms with van der Waals surface area (Å²) in [5, 5.41) is 0.388. The molecule has 0 saturated heterocycles. The van der Waals surface area contributed by atoms with Gasteiger partial charge in [0.2, 0.25) is 0 Å². The van der Waals surface area contributed by atoms with Gasteiger partial charge in [0.15, 0.2) is 17.4 Å². The van der Waals surface area contributed by atoms with E-state index in [-0.39, 0.29) is 35.0 Å². The van der Waals surface area contributed by atoms with Crippen molar-refractivity contribution < 1.29 is 17.9 Å². The first-order valence-corrected chi connectivity index (χ1v) is 10.4. The lowest BCUT2D eigenvalue weighted by atomic mass is 9.99. The van der Waals surface area contributed by atoms with E-state index < -0.39 is 17.3 Å². The largest absolute Gasteiger partial charge is 0.422 e. The Morgan fingerprint density at radius 2 is 1.94 bits per heavy atom. The molecule has 0 saturated carbocycles. The van der Waals surface area contributed by atoms with E-state index in [1.54, 1.807) is 38.2 Å². The predicted octanol–water partition coefficient (Wildman–Crippen LogP) is 4.75. The van der Waals surface area contributed by atoms with Gasteiger partial charge in [0.05, 0.1) is 5.69 Å². The normalized spacial score (nSPS) is 11.0. The molecule has 0 atom stereocenters. The number of ether oxygens (including phenoxy) is 1. The number of fused-ring (bicyclic) bond motifs is 1. The minimum atomic E-state index is -0.672. The lowest BCUT2D eigenvalue weighted by Gasteiger charge is -2.12. The molecule has 4 rings (SSSR count).